The second-order valence-corrected chi connectivity index (χ2v) is 9.40. The third kappa shape index (κ3) is 3.90. The lowest BCUT2D eigenvalue weighted by Gasteiger charge is -2.28. The van der Waals surface area contributed by atoms with Gasteiger partial charge in [0.05, 0.1) is 17.8 Å². The van der Waals surface area contributed by atoms with Gasteiger partial charge in [0.2, 0.25) is 0 Å². The number of benzene rings is 2. The summed E-state index contributed by atoms with van der Waals surface area (Å²) in [6.45, 7) is 8.70. The first-order chi connectivity index (χ1) is 16.5. The molecule has 5 rings (SSSR count). The quantitative estimate of drug-likeness (QED) is 0.339. The van der Waals surface area contributed by atoms with Crippen molar-refractivity contribution in [3.05, 3.63) is 113 Å². The average Bonchev–Trinajstić information content (AvgIpc) is 3.34. The summed E-state index contributed by atoms with van der Waals surface area (Å²) in [5.74, 6) is 0. The number of nitrogens with zero attached hydrogens (tertiary/aromatic N) is 3. The van der Waals surface area contributed by atoms with E-state index in [4.69, 9.17) is 17.2 Å². The van der Waals surface area contributed by atoms with Crippen molar-refractivity contribution < 1.29 is 0 Å². The summed E-state index contributed by atoms with van der Waals surface area (Å²) < 4.78 is 2.34. The molecule has 1 fully saturated rings. The second kappa shape index (κ2) is 9.07. The van der Waals surface area contributed by atoms with Crippen LogP contribution in [-0.4, -0.2) is 14.7 Å². The third-order valence-corrected chi connectivity index (χ3v) is 7.08. The summed E-state index contributed by atoms with van der Waals surface area (Å²) in [4.78, 5) is 6.96. The molecule has 2 aromatic heterocycles. The lowest BCUT2D eigenvalue weighted by atomic mass is 9.96. The van der Waals surface area contributed by atoms with Gasteiger partial charge in [-0.3, -0.25) is 4.98 Å². The molecule has 0 amide bonds. The molecule has 3 heterocycles. The van der Waals surface area contributed by atoms with Crippen LogP contribution >= 0.6 is 12.2 Å². The molecule has 0 aliphatic carbocycles. The highest BCUT2D eigenvalue weighted by Gasteiger charge is 2.42. The number of hydrogen-bond donors (Lipinski definition) is 1. The smallest absolute Gasteiger partial charge is 0.174 e. The fourth-order valence-corrected chi connectivity index (χ4v) is 5.44. The van der Waals surface area contributed by atoms with E-state index in [-0.39, 0.29) is 12.1 Å². The fourth-order valence-electron chi connectivity index (χ4n) is 5.09. The van der Waals surface area contributed by atoms with E-state index in [1.54, 1.807) is 0 Å². The highest BCUT2D eigenvalue weighted by Crippen LogP contribution is 2.43. The Morgan fingerprint density at radius 3 is 2.38 bits per heavy atom. The van der Waals surface area contributed by atoms with E-state index in [1.807, 2.05) is 18.3 Å². The first-order valence-electron chi connectivity index (χ1n) is 11.8. The lowest BCUT2D eigenvalue weighted by Crippen LogP contribution is -2.29. The number of pyridine rings is 1. The molecule has 1 N–H and O–H groups in total. The normalized spacial score (nSPS) is 17.8. The van der Waals surface area contributed by atoms with Gasteiger partial charge in [0.1, 0.15) is 0 Å². The minimum Gasteiger partial charge on any atom is -0.351 e. The molecule has 1 saturated heterocycles. The van der Waals surface area contributed by atoms with Crippen LogP contribution in [0, 0.1) is 20.8 Å². The van der Waals surface area contributed by atoms with Crippen LogP contribution in [0.1, 0.15) is 52.8 Å². The molecule has 4 aromatic rings. The summed E-state index contributed by atoms with van der Waals surface area (Å²) in [6, 6.07) is 25.7. The topological polar surface area (TPSA) is 33.1 Å². The van der Waals surface area contributed by atoms with Gasteiger partial charge < -0.3 is 14.8 Å². The Labute approximate surface area is 207 Å². The Kier molecular flexibility index (Phi) is 5.96. The molecule has 1 aliphatic rings. The largest absolute Gasteiger partial charge is 0.351 e. The number of aromatic nitrogens is 2. The molecule has 0 saturated carbocycles. The van der Waals surface area contributed by atoms with Crippen molar-refractivity contribution in [3.63, 3.8) is 0 Å². The van der Waals surface area contributed by atoms with Gasteiger partial charge in [-0.25, -0.2) is 0 Å². The highest BCUT2D eigenvalue weighted by atomic mass is 32.1. The predicted molar refractivity (Wildman–Crippen MR) is 144 cm³/mol. The van der Waals surface area contributed by atoms with E-state index in [1.165, 1.54) is 33.8 Å². The molecule has 5 heteroatoms. The summed E-state index contributed by atoms with van der Waals surface area (Å²) in [5, 5.41) is 4.31. The van der Waals surface area contributed by atoms with Crippen LogP contribution in [0.2, 0.25) is 0 Å². The SMILES string of the molecule is CCc1ccc(N2C(=S)N[C@H](c3ccccn3)[C@@H]2c2cc(C)n(-c3cccc(C)c3)c2C)cc1. The van der Waals surface area contributed by atoms with E-state index in [9.17, 15) is 0 Å². The Balaban J connectivity index is 1.67. The minimum atomic E-state index is -0.0500. The molecule has 0 bridgehead atoms. The summed E-state index contributed by atoms with van der Waals surface area (Å²) in [5.41, 5.74) is 9.51. The van der Waals surface area contributed by atoms with Crippen LogP contribution < -0.4 is 10.2 Å². The van der Waals surface area contributed by atoms with E-state index < -0.39 is 0 Å². The molecule has 2 atom stereocenters. The van der Waals surface area contributed by atoms with E-state index in [2.05, 4.69) is 103 Å². The van der Waals surface area contributed by atoms with Gasteiger partial charge in [0.15, 0.2) is 5.11 Å². The molecule has 1 aliphatic heterocycles. The Morgan fingerprint density at radius 1 is 0.912 bits per heavy atom. The maximum atomic E-state index is 5.91. The Morgan fingerprint density at radius 2 is 1.71 bits per heavy atom. The average molecular weight is 467 g/mol. The monoisotopic (exact) mass is 466 g/mol. The van der Waals surface area contributed by atoms with Gasteiger partial charge in [-0.2, -0.15) is 0 Å². The second-order valence-electron chi connectivity index (χ2n) is 9.02. The van der Waals surface area contributed by atoms with Crippen LogP contribution in [0.5, 0.6) is 0 Å². The lowest BCUT2D eigenvalue weighted by molar-refractivity contribution is 0.565. The van der Waals surface area contributed by atoms with Crippen molar-refractivity contribution in [3.8, 4) is 5.69 Å². The number of nitrogens with one attached hydrogen (secondary N) is 1. The van der Waals surface area contributed by atoms with Gasteiger partial charge in [0.25, 0.3) is 0 Å². The Hall–Kier alpha value is -3.44. The molecule has 0 radical (unpaired) electrons. The number of aryl methyl sites for hydroxylation is 3. The van der Waals surface area contributed by atoms with Crippen molar-refractivity contribution in [2.45, 2.75) is 46.2 Å². The Bertz CT molecular complexity index is 1320. The molecule has 34 heavy (non-hydrogen) atoms. The molecular formula is C29H30N4S. The predicted octanol–water partition coefficient (Wildman–Crippen LogP) is 6.54. The van der Waals surface area contributed by atoms with Crippen LogP contribution in [-0.2, 0) is 6.42 Å². The van der Waals surface area contributed by atoms with Crippen LogP contribution in [0.25, 0.3) is 5.69 Å². The maximum absolute atomic E-state index is 5.91. The number of anilines is 1. The van der Waals surface area contributed by atoms with Gasteiger partial charge in [-0.05, 0) is 98.6 Å². The number of thiocarbonyl (C=S) groups is 1. The first kappa shape index (κ1) is 22.4. The van der Waals surface area contributed by atoms with Gasteiger partial charge in [-0.15, -0.1) is 0 Å². The third-order valence-electron chi connectivity index (χ3n) is 6.77. The highest BCUT2D eigenvalue weighted by molar-refractivity contribution is 7.80. The number of hydrogen-bond acceptors (Lipinski definition) is 2. The van der Waals surface area contributed by atoms with Crippen molar-refractivity contribution >= 4 is 23.0 Å². The molecular weight excluding hydrogens is 436 g/mol. The molecule has 0 spiro atoms. The molecule has 2 aromatic carbocycles. The van der Waals surface area contributed by atoms with E-state index >= 15 is 0 Å². The van der Waals surface area contributed by atoms with E-state index in [0.29, 0.717) is 0 Å². The zero-order chi connectivity index (χ0) is 23.8. The number of rotatable bonds is 5. The van der Waals surface area contributed by atoms with Gasteiger partial charge in [-0.1, -0.05) is 37.3 Å². The minimum absolute atomic E-state index is 0.0142. The summed E-state index contributed by atoms with van der Waals surface area (Å²) >= 11 is 5.91. The summed E-state index contributed by atoms with van der Waals surface area (Å²) in [7, 11) is 0. The van der Waals surface area contributed by atoms with Crippen molar-refractivity contribution in [2.75, 3.05) is 4.90 Å². The first-order valence-corrected chi connectivity index (χ1v) is 12.2. The van der Waals surface area contributed by atoms with Crippen LogP contribution in [0.15, 0.2) is 79.0 Å². The van der Waals surface area contributed by atoms with Crippen molar-refractivity contribution in [1.29, 1.82) is 0 Å². The van der Waals surface area contributed by atoms with Crippen LogP contribution in [0.4, 0.5) is 5.69 Å². The van der Waals surface area contributed by atoms with Gasteiger partial charge >= 0.3 is 0 Å². The molecule has 0 unspecified atom stereocenters. The fraction of sp³-hybridized carbons (Fsp3) is 0.241. The van der Waals surface area contributed by atoms with Crippen molar-refractivity contribution in [1.82, 2.24) is 14.9 Å². The molecule has 4 nitrogen and oxygen atoms in total. The van der Waals surface area contributed by atoms with E-state index in [0.717, 1.165) is 22.9 Å². The van der Waals surface area contributed by atoms with Crippen LogP contribution in [0.3, 0.4) is 0 Å². The summed E-state index contributed by atoms with van der Waals surface area (Å²) in [6.07, 6.45) is 2.87. The van der Waals surface area contributed by atoms with Crippen molar-refractivity contribution in [2.24, 2.45) is 0 Å². The zero-order valence-corrected chi connectivity index (χ0v) is 20.9. The van der Waals surface area contributed by atoms with Gasteiger partial charge in [0, 0.05) is 29.0 Å². The maximum Gasteiger partial charge on any atom is 0.174 e. The standard InChI is InChI=1S/C29H30N4S/c1-5-22-12-14-23(15-13-22)33-28(27(31-29(33)34)26-11-6-7-16-30-26)25-18-20(3)32(21(25)4)24-10-8-9-19(2)17-24/h6-18,27-28H,5H2,1-4H3,(H,31,34)/t27-,28+/m1/s1. The zero-order valence-electron chi connectivity index (χ0n) is 20.1. The molecule has 172 valence electrons.